The van der Waals surface area contributed by atoms with Gasteiger partial charge in [0, 0.05) is 46.3 Å². The van der Waals surface area contributed by atoms with Gasteiger partial charge in [-0.1, -0.05) is 23.2 Å². The molecule has 14 heteroatoms. The number of amides is 1. The number of ether oxygens (including phenoxy) is 1. The summed E-state index contributed by atoms with van der Waals surface area (Å²) in [6.45, 7) is 1.90. The molecule has 1 aliphatic rings. The zero-order valence-electron chi connectivity index (χ0n) is 23.5. The lowest BCUT2D eigenvalue weighted by atomic mass is 10.0. The van der Waals surface area contributed by atoms with E-state index in [1.165, 1.54) is 26.4 Å². The Balaban J connectivity index is 1.60. The van der Waals surface area contributed by atoms with Crippen LogP contribution in [0.15, 0.2) is 41.4 Å². The van der Waals surface area contributed by atoms with Crippen LogP contribution in [0.1, 0.15) is 11.1 Å². The molecule has 1 aliphatic heterocycles. The maximum atomic E-state index is 12.9. The van der Waals surface area contributed by atoms with E-state index >= 15 is 0 Å². The van der Waals surface area contributed by atoms with Crippen molar-refractivity contribution in [1.82, 2.24) is 24.1 Å². The average Bonchev–Trinajstić information content (AvgIpc) is 3.12. The third-order valence-electron chi connectivity index (χ3n) is 6.72. The van der Waals surface area contributed by atoms with Crippen molar-refractivity contribution in [3.8, 4) is 5.75 Å². The van der Waals surface area contributed by atoms with Gasteiger partial charge in [0.15, 0.2) is 5.82 Å². The molecule has 0 atom stereocenters. The quantitative estimate of drug-likeness (QED) is 0.365. The second kappa shape index (κ2) is 12.8. The van der Waals surface area contributed by atoms with Gasteiger partial charge in [-0.05, 0) is 54.3 Å². The molecule has 0 unspecified atom stereocenters. The summed E-state index contributed by atoms with van der Waals surface area (Å²) in [6.07, 6.45) is 2.98. The van der Waals surface area contributed by atoms with E-state index in [4.69, 9.17) is 27.9 Å². The summed E-state index contributed by atoms with van der Waals surface area (Å²) in [5.74, 6) is 1.13. The number of benzene rings is 2. The highest BCUT2D eigenvalue weighted by Gasteiger charge is 2.23. The lowest BCUT2D eigenvalue weighted by Gasteiger charge is -2.21. The van der Waals surface area contributed by atoms with E-state index in [0.29, 0.717) is 18.0 Å². The summed E-state index contributed by atoms with van der Waals surface area (Å²) in [7, 11) is 4.18. The van der Waals surface area contributed by atoms with E-state index in [0.717, 1.165) is 41.4 Å². The fraction of sp³-hybridized carbons (Fsp3) is 0.370. The molecule has 0 radical (unpaired) electrons. The minimum absolute atomic E-state index is 0.0204. The number of likely N-dealkylation sites (N-methyl/N-ethyl adjacent to an activating group) is 1. The Hall–Kier alpha value is -3.16. The van der Waals surface area contributed by atoms with Crippen LogP contribution in [0, 0.1) is 0 Å². The lowest BCUT2D eigenvalue weighted by Crippen LogP contribution is -2.37. The van der Waals surface area contributed by atoms with Crippen molar-refractivity contribution in [2.75, 3.05) is 65.6 Å². The number of hydrogen-bond donors (Lipinski definition) is 2. The van der Waals surface area contributed by atoms with Crippen LogP contribution in [0.4, 0.5) is 23.1 Å². The van der Waals surface area contributed by atoms with Crippen LogP contribution in [0.3, 0.4) is 0 Å². The molecule has 2 heterocycles. The van der Waals surface area contributed by atoms with E-state index in [1.807, 2.05) is 12.1 Å². The Morgan fingerprint density at radius 1 is 1.02 bits per heavy atom. The normalized spacial score (nSPS) is 13.9. The van der Waals surface area contributed by atoms with Gasteiger partial charge in [0.25, 0.3) is 0 Å². The molecule has 0 saturated heterocycles. The molecule has 0 fully saturated rings. The number of fused-ring (bicyclic) bond motifs is 1. The van der Waals surface area contributed by atoms with Crippen molar-refractivity contribution in [2.24, 2.45) is 0 Å². The highest BCUT2D eigenvalue weighted by molar-refractivity contribution is 7.89. The van der Waals surface area contributed by atoms with E-state index in [1.54, 1.807) is 38.2 Å². The molecule has 0 aliphatic carbocycles. The molecule has 2 N–H and O–H groups in total. The molecule has 220 valence electrons. The molecule has 0 saturated carbocycles. The highest BCUT2D eigenvalue weighted by Crippen LogP contribution is 2.34. The first-order chi connectivity index (χ1) is 19.4. The van der Waals surface area contributed by atoms with Crippen LogP contribution in [-0.4, -0.2) is 93.3 Å². The summed E-state index contributed by atoms with van der Waals surface area (Å²) >= 11 is 12.5. The number of nitrogens with one attached hydrogen (secondary N) is 2. The number of anilines is 4. The maximum absolute atomic E-state index is 12.9. The van der Waals surface area contributed by atoms with Crippen LogP contribution in [0.25, 0.3) is 0 Å². The van der Waals surface area contributed by atoms with Crippen LogP contribution >= 0.6 is 23.2 Å². The fourth-order valence-electron chi connectivity index (χ4n) is 4.33. The SMILES string of the molecule is COc1cc2c(cc1Nc1ncc(Cl)c(Nc3ccc(Cl)cc3S(=O)(=O)N(C)C)n1)CCN(CC(=O)N(C)C)CC2. The van der Waals surface area contributed by atoms with Crippen LogP contribution in [0.2, 0.25) is 10.0 Å². The molecule has 1 amide bonds. The van der Waals surface area contributed by atoms with Gasteiger partial charge < -0.3 is 20.3 Å². The van der Waals surface area contributed by atoms with Gasteiger partial charge in [0.2, 0.25) is 21.9 Å². The average molecular weight is 623 g/mol. The van der Waals surface area contributed by atoms with Gasteiger partial charge in [-0.2, -0.15) is 4.98 Å². The zero-order chi connectivity index (χ0) is 29.9. The Labute approximate surface area is 250 Å². The van der Waals surface area contributed by atoms with Gasteiger partial charge in [-0.25, -0.2) is 17.7 Å². The van der Waals surface area contributed by atoms with Crippen molar-refractivity contribution in [1.29, 1.82) is 0 Å². The molecule has 1 aromatic heterocycles. The van der Waals surface area contributed by atoms with Crippen molar-refractivity contribution in [3.63, 3.8) is 0 Å². The maximum Gasteiger partial charge on any atom is 0.244 e. The van der Waals surface area contributed by atoms with Crippen LogP contribution in [0.5, 0.6) is 5.75 Å². The summed E-state index contributed by atoms with van der Waals surface area (Å²) < 4.78 is 32.6. The third kappa shape index (κ3) is 7.19. The van der Waals surface area contributed by atoms with E-state index in [9.17, 15) is 13.2 Å². The number of nitrogens with zero attached hydrogens (tertiary/aromatic N) is 5. The van der Waals surface area contributed by atoms with Crippen LogP contribution in [-0.2, 0) is 27.7 Å². The topological polar surface area (TPSA) is 120 Å². The number of carbonyl (C=O) groups excluding carboxylic acids is 1. The third-order valence-corrected chi connectivity index (χ3v) is 9.09. The second-order valence-electron chi connectivity index (χ2n) is 9.95. The lowest BCUT2D eigenvalue weighted by molar-refractivity contribution is -0.129. The second-order valence-corrected chi connectivity index (χ2v) is 12.9. The van der Waals surface area contributed by atoms with Gasteiger partial charge in [-0.15, -0.1) is 0 Å². The molecule has 2 aromatic carbocycles. The standard InChI is InChI=1S/C27H33Cl2N7O4S/c1-34(2)25(37)16-36-10-8-17-12-22(23(40-5)13-18(17)9-11-36)32-27-30-15-20(29)26(33-27)31-21-7-6-19(28)14-24(21)41(38,39)35(3)4/h6-7,12-15H,8-11,16H2,1-5H3,(H2,30,31,32,33). The van der Waals surface area contributed by atoms with Crippen molar-refractivity contribution < 1.29 is 17.9 Å². The first kappa shape index (κ1) is 30.8. The van der Waals surface area contributed by atoms with Crippen molar-refractivity contribution in [2.45, 2.75) is 17.7 Å². The summed E-state index contributed by atoms with van der Waals surface area (Å²) in [5.41, 5.74) is 3.22. The molecular formula is C27H33Cl2N7O4S. The van der Waals surface area contributed by atoms with E-state index in [2.05, 4.69) is 25.5 Å². The van der Waals surface area contributed by atoms with Gasteiger partial charge in [-0.3, -0.25) is 9.69 Å². The van der Waals surface area contributed by atoms with Gasteiger partial charge in [0.1, 0.15) is 15.7 Å². The molecule has 0 bridgehead atoms. The minimum atomic E-state index is -3.81. The smallest absolute Gasteiger partial charge is 0.244 e. The summed E-state index contributed by atoms with van der Waals surface area (Å²) in [6, 6.07) is 8.50. The van der Waals surface area contributed by atoms with E-state index in [-0.39, 0.29) is 38.3 Å². The first-order valence-electron chi connectivity index (χ1n) is 12.8. The number of aromatic nitrogens is 2. The molecule has 4 rings (SSSR count). The Morgan fingerprint density at radius 3 is 2.34 bits per heavy atom. The van der Waals surface area contributed by atoms with Gasteiger partial charge in [0.05, 0.1) is 31.2 Å². The van der Waals surface area contributed by atoms with Gasteiger partial charge >= 0.3 is 0 Å². The number of carbonyl (C=O) groups is 1. The molecular weight excluding hydrogens is 589 g/mol. The summed E-state index contributed by atoms with van der Waals surface area (Å²) in [4.78, 5) is 24.8. The molecule has 0 spiro atoms. The predicted octanol–water partition coefficient (Wildman–Crippen LogP) is 4.02. The van der Waals surface area contributed by atoms with Crippen LogP contribution < -0.4 is 15.4 Å². The Bertz CT molecular complexity index is 1550. The number of hydrogen-bond acceptors (Lipinski definition) is 9. The summed E-state index contributed by atoms with van der Waals surface area (Å²) in [5, 5.41) is 6.69. The monoisotopic (exact) mass is 621 g/mol. The zero-order valence-corrected chi connectivity index (χ0v) is 25.9. The number of halogens is 2. The largest absolute Gasteiger partial charge is 0.495 e. The minimum Gasteiger partial charge on any atom is -0.495 e. The highest BCUT2D eigenvalue weighted by atomic mass is 35.5. The number of methoxy groups -OCH3 is 1. The Morgan fingerprint density at radius 2 is 1.71 bits per heavy atom. The van der Waals surface area contributed by atoms with E-state index < -0.39 is 10.0 Å². The van der Waals surface area contributed by atoms with Crippen molar-refractivity contribution in [3.05, 3.63) is 57.7 Å². The fourth-order valence-corrected chi connectivity index (χ4v) is 5.77. The number of sulfonamides is 1. The Kier molecular flexibility index (Phi) is 9.60. The predicted molar refractivity (Wildman–Crippen MR) is 161 cm³/mol. The van der Waals surface area contributed by atoms with Crippen molar-refractivity contribution >= 4 is 62.3 Å². The first-order valence-corrected chi connectivity index (χ1v) is 15.0. The number of rotatable bonds is 9. The molecule has 41 heavy (non-hydrogen) atoms. The molecule has 11 nitrogen and oxygen atoms in total. The molecule has 3 aromatic rings.